The molecule has 0 radical (unpaired) electrons. The highest BCUT2D eigenvalue weighted by Gasteiger charge is 2.51. The highest BCUT2D eigenvalue weighted by atomic mass is 31.2. The molecule has 1 fully saturated rings. The molecule has 0 saturated heterocycles. The van der Waals surface area contributed by atoms with Gasteiger partial charge in [0.1, 0.15) is 43.2 Å². The van der Waals surface area contributed by atoms with Crippen molar-refractivity contribution < 1.29 is 63.1 Å². The summed E-state index contributed by atoms with van der Waals surface area (Å²) in [6.07, 6.45) is 25.2. The molecule has 0 aromatic heterocycles. The molecule has 6 N–H and O–H groups in total. The molecular formula is C45H83O13P. The minimum atomic E-state index is -5.12. The van der Waals surface area contributed by atoms with Crippen molar-refractivity contribution in [2.45, 2.75) is 236 Å². The molecule has 1 aliphatic rings. The van der Waals surface area contributed by atoms with E-state index >= 15 is 0 Å². The first-order valence-electron chi connectivity index (χ1n) is 23.1. The van der Waals surface area contributed by atoms with Crippen LogP contribution in [0.25, 0.3) is 0 Å². The van der Waals surface area contributed by atoms with Crippen LogP contribution in [0.15, 0.2) is 24.3 Å². The molecule has 0 aliphatic heterocycles. The molecule has 346 valence electrons. The van der Waals surface area contributed by atoms with Crippen LogP contribution in [0, 0.1) is 0 Å². The molecule has 0 aromatic carbocycles. The predicted molar refractivity (Wildman–Crippen MR) is 230 cm³/mol. The van der Waals surface area contributed by atoms with Crippen LogP contribution in [0.4, 0.5) is 0 Å². The molecule has 6 unspecified atom stereocenters. The number of phosphoric acid groups is 1. The normalized spacial score (nSPS) is 22.5. The van der Waals surface area contributed by atoms with Crippen molar-refractivity contribution in [3.63, 3.8) is 0 Å². The molecule has 0 bridgehead atoms. The van der Waals surface area contributed by atoms with Crippen LogP contribution in [0.2, 0.25) is 0 Å². The summed E-state index contributed by atoms with van der Waals surface area (Å²) in [5.74, 6) is -1.11. The number of phosphoric ester groups is 1. The van der Waals surface area contributed by atoms with Gasteiger partial charge in [0.05, 0.1) is 6.61 Å². The minimum Gasteiger partial charge on any atom is -0.462 e. The average Bonchev–Trinajstić information content (AvgIpc) is 3.21. The maximum absolute atomic E-state index is 12.8. The SMILES string of the molecule is CCCC/C=C\C/C=C\CCCCCCCC(=O)OC(COC(=O)CCCCCCCCCCCCCCCCCC)COP(=O)(O)OC1C(O)C(O)C(O)C(O)C1O. The number of carbonyl (C=O) groups excluding carboxylic acids is 2. The zero-order valence-corrected chi connectivity index (χ0v) is 37.4. The zero-order chi connectivity index (χ0) is 43.6. The van der Waals surface area contributed by atoms with Gasteiger partial charge in [-0.05, 0) is 38.5 Å². The molecule has 1 rings (SSSR count). The molecule has 6 atom stereocenters. The Hall–Kier alpha value is -1.67. The Balaban J connectivity index is 2.46. The fourth-order valence-corrected chi connectivity index (χ4v) is 7.98. The van der Waals surface area contributed by atoms with Crippen molar-refractivity contribution in [2.75, 3.05) is 13.2 Å². The van der Waals surface area contributed by atoms with Gasteiger partial charge >= 0.3 is 19.8 Å². The first-order valence-corrected chi connectivity index (χ1v) is 24.6. The fraction of sp³-hybridized carbons (Fsp3) is 0.867. The van der Waals surface area contributed by atoms with Crippen LogP contribution in [-0.2, 0) is 32.7 Å². The molecule has 0 spiro atoms. The topological polar surface area (TPSA) is 210 Å². The lowest BCUT2D eigenvalue weighted by atomic mass is 9.85. The number of hydrogen-bond acceptors (Lipinski definition) is 12. The van der Waals surface area contributed by atoms with Gasteiger partial charge in [-0.1, -0.05) is 167 Å². The van der Waals surface area contributed by atoms with E-state index in [1.165, 1.54) is 89.9 Å². The molecule has 0 amide bonds. The summed E-state index contributed by atoms with van der Waals surface area (Å²) in [5.41, 5.74) is 0. The number of aliphatic hydroxyl groups excluding tert-OH is 5. The van der Waals surface area contributed by atoms with Gasteiger partial charge in [-0.15, -0.1) is 0 Å². The van der Waals surface area contributed by atoms with Crippen molar-refractivity contribution in [2.24, 2.45) is 0 Å². The summed E-state index contributed by atoms with van der Waals surface area (Å²) in [7, 11) is -5.12. The van der Waals surface area contributed by atoms with E-state index in [0.717, 1.165) is 64.2 Å². The van der Waals surface area contributed by atoms with Gasteiger partial charge in [-0.3, -0.25) is 18.6 Å². The Labute approximate surface area is 356 Å². The second-order valence-corrected chi connectivity index (χ2v) is 17.7. The average molecular weight is 863 g/mol. The molecule has 1 saturated carbocycles. The summed E-state index contributed by atoms with van der Waals surface area (Å²) < 4.78 is 33.5. The van der Waals surface area contributed by atoms with Crippen molar-refractivity contribution in [3.05, 3.63) is 24.3 Å². The monoisotopic (exact) mass is 863 g/mol. The third-order valence-corrected chi connectivity index (χ3v) is 11.8. The van der Waals surface area contributed by atoms with Gasteiger partial charge in [0.2, 0.25) is 0 Å². The smallest absolute Gasteiger partial charge is 0.462 e. The number of rotatable bonds is 38. The maximum Gasteiger partial charge on any atom is 0.472 e. The summed E-state index contributed by atoms with van der Waals surface area (Å²) in [5, 5.41) is 50.1. The number of ether oxygens (including phenoxy) is 2. The van der Waals surface area contributed by atoms with E-state index in [1.807, 2.05) is 0 Å². The molecular weight excluding hydrogens is 779 g/mol. The van der Waals surface area contributed by atoms with Gasteiger partial charge in [0.25, 0.3) is 0 Å². The lowest BCUT2D eigenvalue weighted by molar-refractivity contribution is -0.220. The highest BCUT2D eigenvalue weighted by molar-refractivity contribution is 7.47. The van der Waals surface area contributed by atoms with Crippen molar-refractivity contribution >= 4 is 19.8 Å². The number of hydrogen-bond donors (Lipinski definition) is 6. The van der Waals surface area contributed by atoms with Crippen LogP contribution < -0.4 is 0 Å². The van der Waals surface area contributed by atoms with E-state index in [2.05, 4.69) is 38.2 Å². The summed E-state index contributed by atoms with van der Waals surface area (Å²) >= 11 is 0. The van der Waals surface area contributed by atoms with Gasteiger partial charge in [0.15, 0.2) is 6.10 Å². The first kappa shape index (κ1) is 55.3. The largest absolute Gasteiger partial charge is 0.472 e. The second-order valence-electron chi connectivity index (χ2n) is 16.3. The maximum atomic E-state index is 12.8. The summed E-state index contributed by atoms with van der Waals surface area (Å²) in [6.45, 7) is 3.25. The Bertz CT molecular complexity index is 1130. The van der Waals surface area contributed by atoms with Crippen LogP contribution in [-0.4, -0.2) is 98.3 Å². The number of unbranched alkanes of at least 4 members (excludes halogenated alkanes) is 22. The number of carbonyl (C=O) groups is 2. The summed E-state index contributed by atoms with van der Waals surface area (Å²) in [4.78, 5) is 35.7. The van der Waals surface area contributed by atoms with E-state index in [9.17, 15) is 44.6 Å². The fourth-order valence-electron chi connectivity index (χ4n) is 7.01. The molecule has 14 heteroatoms. The third kappa shape index (κ3) is 28.5. The predicted octanol–water partition coefficient (Wildman–Crippen LogP) is 8.84. The van der Waals surface area contributed by atoms with Crippen molar-refractivity contribution in [3.8, 4) is 0 Å². The zero-order valence-electron chi connectivity index (χ0n) is 36.6. The van der Waals surface area contributed by atoms with E-state index in [4.69, 9.17) is 18.5 Å². The lowest BCUT2D eigenvalue weighted by Crippen LogP contribution is -2.64. The number of allylic oxidation sites excluding steroid dienone is 4. The third-order valence-electron chi connectivity index (χ3n) is 10.8. The molecule has 0 heterocycles. The Morgan fingerprint density at radius 2 is 0.932 bits per heavy atom. The molecule has 1 aliphatic carbocycles. The highest BCUT2D eigenvalue weighted by Crippen LogP contribution is 2.47. The van der Waals surface area contributed by atoms with E-state index in [1.54, 1.807) is 0 Å². The van der Waals surface area contributed by atoms with Crippen LogP contribution in [0.5, 0.6) is 0 Å². The molecule has 0 aromatic rings. The van der Waals surface area contributed by atoms with Crippen molar-refractivity contribution in [1.29, 1.82) is 0 Å². The Kier molecular flexibility index (Phi) is 33.7. The second kappa shape index (κ2) is 35.9. The number of aliphatic hydroxyl groups is 5. The van der Waals surface area contributed by atoms with Crippen LogP contribution in [0.3, 0.4) is 0 Å². The van der Waals surface area contributed by atoms with Crippen molar-refractivity contribution in [1.82, 2.24) is 0 Å². The Morgan fingerprint density at radius 3 is 1.42 bits per heavy atom. The first-order chi connectivity index (χ1) is 28.4. The number of esters is 2. The van der Waals surface area contributed by atoms with Gasteiger partial charge in [-0.2, -0.15) is 0 Å². The van der Waals surface area contributed by atoms with E-state index < -0.39 is 75.7 Å². The van der Waals surface area contributed by atoms with Gasteiger partial charge < -0.3 is 39.9 Å². The lowest BCUT2D eigenvalue weighted by Gasteiger charge is -2.41. The summed E-state index contributed by atoms with van der Waals surface area (Å²) in [6, 6.07) is 0. The van der Waals surface area contributed by atoms with Crippen LogP contribution in [0.1, 0.15) is 194 Å². The van der Waals surface area contributed by atoms with Gasteiger partial charge in [0, 0.05) is 12.8 Å². The van der Waals surface area contributed by atoms with Gasteiger partial charge in [-0.25, -0.2) is 4.57 Å². The standard InChI is InChI=1S/C45H83O13P/c1-3-5-7-9-11-13-15-17-19-20-22-23-25-27-29-31-33-38(46)55-35-37(36-56-59(53,54)58-45-43(51)41(49)40(48)42(50)44(45)52)57-39(47)34-32-30-28-26-24-21-18-16-14-12-10-8-6-4-2/h10,12,16,18,37,40-45,48-52H,3-9,11,13-15,17,19-36H2,1-2H3,(H,53,54)/b12-10-,18-16-. The van der Waals surface area contributed by atoms with Crippen LogP contribution >= 0.6 is 7.82 Å². The minimum absolute atomic E-state index is 0.0831. The Morgan fingerprint density at radius 1 is 0.525 bits per heavy atom. The quantitative estimate of drug-likeness (QED) is 0.0149. The molecule has 59 heavy (non-hydrogen) atoms. The van der Waals surface area contributed by atoms with E-state index in [0.29, 0.717) is 12.8 Å². The van der Waals surface area contributed by atoms with E-state index in [-0.39, 0.29) is 12.8 Å². The molecule has 13 nitrogen and oxygen atoms in total.